The number of hydrogen-bond donors (Lipinski definition) is 1. The fraction of sp³-hybridized carbons (Fsp3) is 0.188. The van der Waals surface area contributed by atoms with Crippen LogP contribution in [0.3, 0.4) is 0 Å². The van der Waals surface area contributed by atoms with Crippen LogP contribution in [0.4, 0.5) is 0 Å². The highest BCUT2D eigenvalue weighted by atomic mass is 32.1. The molecule has 3 aromatic rings. The van der Waals surface area contributed by atoms with Gasteiger partial charge in [-0.15, -0.1) is 11.3 Å². The van der Waals surface area contributed by atoms with Crippen LogP contribution in [0.5, 0.6) is 5.75 Å². The summed E-state index contributed by atoms with van der Waals surface area (Å²) >= 11 is 1.56. The average molecular weight is 300 g/mol. The minimum absolute atomic E-state index is 0.456. The van der Waals surface area contributed by atoms with Crippen molar-refractivity contribution in [2.45, 2.75) is 13.2 Å². The van der Waals surface area contributed by atoms with E-state index in [0.29, 0.717) is 6.61 Å². The van der Waals surface area contributed by atoms with Crippen molar-refractivity contribution in [2.75, 3.05) is 7.05 Å². The number of hydrogen-bond acceptors (Lipinski definition) is 5. The van der Waals surface area contributed by atoms with E-state index in [1.54, 1.807) is 17.6 Å². The van der Waals surface area contributed by atoms with E-state index in [4.69, 9.17) is 9.15 Å². The molecule has 0 radical (unpaired) electrons. The number of nitrogens with one attached hydrogen (secondary N) is 1. The molecule has 0 atom stereocenters. The molecule has 0 amide bonds. The van der Waals surface area contributed by atoms with Crippen LogP contribution in [0, 0.1) is 0 Å². The fourth-order valence-electron chi connectivity index (χ4n) is 2.02. The molecule has 3 rings (SSSR count). The average Bonchev–Trinajstić information content (AvgIpc) is 3.18. The minimum atomic E-state index is 0.456. The molecule has 21 heavy (non-hydrogen) atoms. The van der Waals surface area contributed by atoms with E-state index in [9.17, 15) is 0 Å². The molecule has 0 spiro atoms. The molecule has 4 nitrogen and oxygen atoms in total. The van der Waals surface area contributed by atoms with Crippen LogP contribution in [0.2, 0.25) is 0 Å². The van der Waals surface area contributed by atoms with Gasteiger partial charge in [0.15, 0.2) is 10.8 Å². The summed E-state index contributed by atoms with van der Waals surface area (Å²) in [6, 6.07) is 11.8. The zero-order valence-electron chi connectivity index (χ0n) is 11.7. The predicted octanol–water partition coefficient (Wildman–Crippen LogP) is 3.70. The zero-order valence-corrected chi connectivity index (χ0v) is 12.5. The van der Waals surface area contributed by atoms with E-state index < -0.39 is 0 Å². The van der Waals surface area contributed by atoms with Gasteiger partial charge in [-0.05, 0) is 25.2 Å². The second-order valence-electron chi connectivity index (χ2n) is 4.55. The maximum Gasteiger partial charge on any atom is 0.162 e. The molecule has 0 fully saturated rings. The fourth-order valence-corrected chi connectivity index (χ4v) is 2.79. The van der Waals surface area contributed by atoms with Gasteiger partial charge in [-0.3, -0.25) is 0 Å². The van der Waals surface area contributed by atoms with Crippen molar-refractivity contribution in [1.29, 1.82) is 0 Å². The van der Waals surface area contributed by atoms with Crippen molar-refractivity contribution in [2.24, 2.45) is 0 Å². The first-order valence-corrected chi connectivity index (χ1v) is 7.58. The summed E-state index contributed by atoms with van der Waals surface area (Å²) < 4.78 is 11.2. The maximum absolute atomic E-state index is 5.88. The number of thiazole rings is 1. The van der Waals surface area contributed by atoms with Crippen LogP contribution in [0.1, 0.15) is 11.3 Å². The summed E-state index contributed by atoms with van der Waals surface area (Å²) in [5.74, 6) is 1.68. The van der Waals surface area contributed by atoms with E-state index in [2.05, 4.69) is 16.4 Å². The Morgan fingerprint density at radius 3 is 2.95 bits per heavy atom. The highest BCUT2D eigenvalue weighted by Crippen LogP contribution is 2.25. The lowest BCUT2D eigenvalue weighted by Gasteiger charge is -2.09. The molecule has 0 aliphatic rings. The topological polar surface area (TPSA) is 47.3 Å². The van der Waals surface area contributed by atoms with Crippen molar-refractivity contribution in [3.63, 3.8) is 0 Å². The summed E-state index contributed by atoms with van der Waals surface area (Å²) in [7, 11) is 1.92. The summed E-state index contributed by atoms with van der Waals surface area (Å²) in [5.41, 5.74) is 2.05. The summed E-state index contributed by atoms with van der Waals surface area (Å²) in [5, 5.41) is 6.01. The lowest BCUT2D eigenvalue weighted by molar-refractivity contribution is 0.298. The van der Waals surface area contributed by atoms with E-state index in [0.717, 1.165) is 34.3 Å². The third kappa shape index (κ3) is 3.32. The normalized spacial score (nSPS) is 10.7. The number of nitrogens with zero attached hydrogens (tertiary/aromatic N) is 1. The predicted molar refractivity (Wildman–Crippen MR) is 83.4 cm³/mol. The standard InChI is InChI=1S/C16H16N2O2S/c1-17-9-12-5-2-3-6-14(12)20-10-13-11-21-16(18-13)15-7-4-8-19-15/h2-8,11,17H,9-10H2,1H3. The SMILES string of the molecule is CNCc1ccccc1OCc1csc(-c2ccco2)n1. The van der Waals surface area contributed by atoms with E-state index >= 15 is 0 Å². The lowest BCUT2D eigenvalue weighted by atomic mass is 10.2. The van der Waals surface area contributed by atoms with Crippen LogP contribution in [-0.2, 0) is 13.2 Å². The molecule has 1 N–H and O–H groups in total. The molecule has 0 aliphatic carbocycles. The van der Waals surface area contributed by atoms with Gasteiger partial charge in [0.2, 0.25) is 0 Å². The molecule has 0 saturated carbocycles. The van der Waals surface area contributed by atoms with Crippen molar-refractivity contribution in [3.05, 3.63) is 59.3 Å². The van der Waals surface area contributed by atoms with Gasteiger partial charge >= 0.3 is 0 Å². The quantitative estimate of drug-likeness (QED) is 0.754. The summed E-state index contributed by atoms with van der Waals surface area (Å²) in [6.45, 7) is 1.24. The van der Waals surface area contributed by atoms with E-state index in [-0.39, 0.29) is 0 Å². The van der Waals surface area contributed by atoms with Gasteiger partial charge in [-0.2, -0.15) is 0 Å². The Morgan fingerprint density at radius 2 is 2.14 bits per heavy atom. The van der Waals surface area contributed by atoms with Gasteiger partial charge < -0.3 is 14.5 Å². The first-order valence-electron chi connectivity index (χ1n) is 6.70. The molecular formula is C16H16N2O2S. The summed E-state index contributed by atoms with van der Waals surface area (Å²) in [6.07, 6.45) is 1.65. The van der Waals surface area contributed by atoms with Gasteiger partial charge in [-0.1, -0.05) is 18.2 Å². The number of rotatable bonds is 6. The first-order chi connectivity index (χ1) is 10.4. The lowest BCUT2D eigenvalue weighted by Crippen LogP contribution is -2.07. The van der Waals surface area contributed by atoms with Gasteiger partial charge in [0.1, 0.15) is 12.4 Å². The largest absolute Gasteiger partial charge is 0.487 e. The molecule has 0 bridgehead atoms. The minimum Gasteiger partial charge on any atom is -0.487 e. The zero-order chi connectivity index (χ0) is 14.5. The second-order valence-corrected chi connectivity index (χ2v) is 5.41. The highest BCUT2D eigenvalue weighted by molar-refractivity contribution is 7.13. The first kappa shape index (κ1) is 13.9. The smallest absolute Gasteiger partial charge is 0.162 e. The Balaban J connectivity index is 1.68. The van der Waals surface area contributed by atoms with E-state index in [1.807, 2.05) is 42.8 Å². The Morgan fingerprint density at radius 1 is 1.24 bits per heavy atom. The van der Waals surface area contributed by atoms with Gasteiger partial charge in [0.05, 0.1) is 12.0 Å². The number of furan rings is 1. The molecule has 0 saturated heterocycles. The molecule has 5 heteroatoms. The Kier molecular flexibility index (Phi) is 4.33. The van der Waals surface area contributed by atoms with Crippen molar-refractivity contribution in [1.82, 2.24) is 10.3 Å². The number of aromatic nitrogens is 1. The van der Waals surface area contributed by atoms with Crippen LogP contribution in [-0.4, -0.2) is 12.0 Å². The van der Waals surface area contributed by atoms with Crippen LogP contribution >= 0.6 is 11.3 Å². The third-order valence-corrected chi connectivity index (χ3v) is 3.90. The second kappa shape index (κ2) is 6.56. The molecule has 108 valence electrons. The molecule has 1 aromatic carbocycles. The number of para-hydroxylation sites is 1. The van der Waals surface area contributed by atoms with Gasteiger partial charge in [-0.25, -0.2) is 4.98 Å². The Hall–Kier alpha value is -2.11. The van der Waals surface area contributed by atoms with Crippen LogP contribution in [0.15, 0.2) is 52.5 Å². The van der Waals surface area contributed by atoms with Crippen LogP contribution < -0.4 is 10.1 Å². The monoisotopic (exact) mass is 300 g/mol. The van der Waals surface area contributed by atoms with Crippen molar-refractivity contribution < 1.29 is 9.15 Å². The van der Waals surface area contributed by atoms with Crippen molar-refractivity contribution >= 4 is 11.3 Å². The van der Waals surface area contributed by atoms with E-state index in [1.165, 1.54) is 0 Å². The van der Waals surface area contributed by atoms with Gasteiger partial charge in [0.25, 0.3) is 0 Å². The molecule has 2 aromatic heterocycles. The number of benzene rings is 1. The maximum atomic E-state index is 5.88. The highest BCUT2D eigenvalue weighted by Gasteiger charge is 2.08. The van der Waals surface area contributed by atoms with Crippen molar-refractivity contribution in [3.8, 4) is 16.5 Å². The third-order valence-electron chi connectivity index (χ3n) is 3.00. The number of ether oxygens (including phenoxy) is 1. The molecular weight excluding hydrogens is 284 g/mol. The summed E-state index contributed by atoms with van der Waals surface area (Å²) in [4.78, 5) is 4.53. The van der Waals surface area contributed by atoms with Gasteiger partial charge in [0, 0.05) is 17.5 Å². The Labute approximate surface area is 127 Å². The van der Waals surface area contributed by atoms with Crippen LogP contribution in [0.25, 0.3) is 10.8 Å². The molecule has 0 aliphatic heterocycles. The Bertz CT molecular complexity index is 692. The molecule has 0 unspecified atom stereocenters. The molecule has 2 heterocycles.